The van der Waals surface area contributed by atoms with Crippen LogP contribution in [0.3, 0.4) is 0 Å². The summed E-state index contributed by atoms with van der Waals surface area (Å²) in [6, 6.07) is 11.8. The van der Waals surface area contributed by atoms with Gasteiger partial charge in [0.15, 0.2) is 9.84 Å². The first kappa shape index (κ1) is 27.2. The van der Waals surface area contributed by atoms with Gasteiger partial charge in [0.2, 0.25) is 0 Å². The van der Waals surface area contributed by atoms with Gasteiger partial charge >= 0.3 is 0 Å². The quantitative estimate of drug-likeness (QED) is 0.319. The topological polar surface area (TPSA) is 95.9 Å². The van der Waals surface area contributed by atoms with Gasteiger partial charge in [-0.15, -0.1) is 6.42 Å². The van der Waals surface area contributed by atoms with Crippen molar-refractivity contribution in [1.29, 1.82) is 0 Å². The van der Waals surface area contributed by atoms with Crippen LogP contribution in [0.25, 0.3) is 0 Å². The number of nitrogens with one attached hydrogen (secondary N) is 1. The van der Waals surface area contributed by atoms with Gasteiger partial charge in [-0.25, -0.2) is 17.2 Å². The molecule has 1 unspecified atom stereocenters. The van der Waals surface area contributed by atoms with Gasteiger partial charge in [0.1, 0.15) is 41.5 Å². The number of para-hydroxylation sites is 1. The molecule has 0 fully saturated rings. The summed E-state index contributed by atoms with van der Waals surface area (Å²) in [4.78, 5) is 14.9. The van der Waals surface area contributed by atoms with Crippen molar-refractivity contribution in [2.75, 3.05) is 22.6 Å². The fraction of sp³-hybridized carbons (Fsp3) is 0.233. The zero-order chi connectivity index (χ0) is 28.8. The Kier molecular flexibility index (Phi) is 6.80. The molecule has 0 bridgehead atoms. The Morgan fingerprint density at radius 2 is 1.90 bits per heavy atom. The third-order valence-corrected chi connectivity index (χ3v) is 9.14. The summed E-state index contributed by atoms with van der Waals surface area (Å²) < 4.78 is 64.1. The number of rotatable bonds is 4. The SMILES string of the molecule is C#CCOc1ccc(C2C3=C(CC(C)(C)CS3(=O)=O)Nc3c(O)cccc3N2C(=O)c2ccccc2F)c(F)c1. The van der Waals surface area contributed by atoms with Crippen molar-refractivity contribution in [3.05, 3.63) is 94.0 Å². The van der Waals surface area contributed by atoms with Gasteiger partial charge < -0.3 is 15.2 Å². The van der Waals surface area contributed by atoms with Crippen LogP contribution in [-0.2, 0) is 9.84 Å². The maximum Gasteiger partial charge on any atom is 0.262 e. The molecule has 10 heteroatoms. The number of phenols is 1. The number of allylic oxidation sites excluding steroid dienone is 1. The maximum atomic E-state index is 15.9. The number of aromatic hydroxyl groups is 1. The van der Waals surface area contributed by atoms with Gasteiger partial charge in [0.05, 0.1) is 21.9 Å². The van der Waals surface area contributed by atoms with Crippen molar-refractivity contribution in [2.45, 2.75) is 26.3 Å². The first-order valence-electron chi connectivity index (χ1n) is 12.4. The second-order valence-corrected chi connectivity index (χ2v) is 12.4. The number of carbonyl (C=O) groups is 1. The summed E-state index contributed by atoms with van der Waals surface area (Å²) in [6.07, 6.45) is 5.46. The Hall–Kier alpha value is -4.36. The maximum absolute atomic E-state index is 15.9. The van der Waals surface area contributed by atoms with Crippen LogP contribution < -0.4 is 15.0 Å². The minimum Gasteiger partial charge on any atom is -0.506 e. The van der Waals surface area contributed by atoms with E-state index in [4.69, 9.17) is 11.2 Å². The molecule has 7 nitrogen and oxygen atoms in total. The molecule has 0 saturated carbocycles. The van der Waals surface area contributed by atoms with Crippen LogP contribution in [0.4, 0.5) is 20.2 Å². The summed E-state index contributed by atoms with van der Waals surface area (Å²) >= 11 is 0. The van der Waals surface area contributed by atoms with Crippen molar-refractivity contribution in [1.82, 2.24) is 0 Å². The number of ether oxygens (including phenoxy) is 1. The van der Waals surface area contributed by atoms with E-state index in [1.54, 1.807) is 13.8 Å². The number of benzene rings is 3. The van der Waals surface area contributed by atoms with E-state index in [0.717, 1.165) is 17.0 Å². The van der Waals surface area contributed by atoms with Gasteiger partial charge in [-0.3, -0.25) is 9.69 Å². The molecule has 0 saturated heterocycles. The van der Waals surface area contributed by atoms with E-state index in [9.17, 15) is 22.7 Å². The molecule has 0 radical (unpaired) electrons. The Balaban J connectivity index is 1.85. The van der Waals surface area contributed by atoms with Crippen LogP contribution in [-0.4, -0.2) is 31.8 Å². The summed E-state index contributed by atoms with van der Waals surface area (Å²) in [7, 11) is -4.12. The monoisotopic (exact) mass is 564 g/mol. The van der Waals surface area contributed by atoms with Crippen LogP contribution in [0.1, 0.15) is 42.2 Å². The zero-order valence-corrected chi connectivity index (χ0v) is 22.6. The lowest BCUT2D eigenvalue weighted by Gasteiger charge is -2.37. The highest BCUT2D eigenvalue weighted by Crippen LogP contribution is 2.52. The standard InChI is InChI=1S/C30H26F2N2O5S/c1-4-14-39-18-12-13-19(22(32)15-18)27-28-23(16-30(2,3)17-40(28,37)38)33-26-24(10-7-11-25(26)35)34(27)29(36)20-8-5-6-9-21(20)31/h1,5-13,15,27,33,35H,14,16-17H2,2-3H3. The zero-order valence-electron chi connectivity index (χ0n) is 21.7. The average Bonchev–Trinajstić information content (AvgIpc) is 3.02. The molecule has 2 N–H and O–H groups in total. The number of carbonyl (C=O) groups excluding carboxylic acids is 1. The summed E-state index contributed by atoms with van der Waals surface area (Å²) in [6.45, 7) is 3.44. The average molecular weight is 565 g/mol. The van der Waals surface area contributed by atoms with E-state index in [1.165, 1.54) is 48.5 Å². The lowest BCUT2D eigenvalue weighted by atomic mass is 9.88. The predicted molar refractivity (Wildman–Crippen MR) is 148 cm³/mol. The van der Waals surface area contributed by atoms with E-state index < -0.39 is 38.8 Å². The molecule has 2 heterocycles. The molecule has 0 aliphatic carbocycles. The molecule has 1 atom stereocenters. The van der Waals surface area contributed by atoms with E-state index in [-0.39, 0.29) is 63.4 Å². The molecule has 206 valence electrons. The first-order chi connectivity index (χ1) is 18.9. The highest BCUT2D eigenvalue weighted by Gasteiger charge is 2.48. The third-order valence-electron chi connectivity index (χ3n) is 6.84. The molecule has 3 aromatic carbocycles. The Labute approximate surface area is 231 Å². The van der Waals surface area contributed by atoms with E-state index in [0.29, 0.717) is 0 Å². The molecular formula is C30H26F2N2O5S. The summed E-state index contributed by atoms with van der Waals surface area (Å²) in [5.41, 5.74) is -0.923. The number of amides is 1. The highest BCUT2D eigenvalue weighted by molar-refractivity contribution is 7.95. The number of terminal acetylenes is 1. The number of hydrogen-bond acceptors (Lipinski definition) is 6. The number of sulfone groups is 1. The fourth-order valence-electron chi connectivity index (χ4n) is 5.32. The fourth-order valence-corrected chi connectivity index (χ4v) is 7.68. The van der Waals surface area contributed by atoms with Crippen LogP contribution >= 0.6 is 0 Å². The van der Waals surface area contributed by atoms with Crippen molar-refractivity contribution in [3.8, 4) is 23.8 Å². The lowest BCUT2D eigenvalue weighted by Crippen LogP contribution is -2.41. The summed E-state index contributed by atoms with van der Waals surface area (Å²) in [5, 5.41) is 13.9. The lowest BCUT2D eigenvalue weighted by molar-refractivity contribution is 0.0976. The second kappa shape index (κ2) is 9.99. The van der Waals surface area contributed by atoms with Gasteiger partial charge in [0.25, 0.3) is 5.91 Å². The van der Waals surface area contributed by atoms with Gasteiger partial charge in [-0.2, -0.15) is 0 Å². The largest absolute Gasteiger partial charge is 0.506 e. The second-order valence-electron chi connectivity index (χ2n) is 10.5. The molecular weight excluding hydrogens is 538 g/mol. The summed E-state index contributed by atoms with van der Waals surface area (Å²) in [5.74, 6) is -0.764. The van der Waals surface area contributed by atoms with Crippen molar-refractivity contribution in [2.24, 2.45) is 5.41 Å². The van der Waals surface area contributed by atoms with Gasteiger partial charge in [-0.05, 0) is 48.2 Å². The first-order valence-corrected chi connectivity index (χ1v) is 14.1. The molecule has 5 rings (SSSR count). The number of nitrogens with zero attached hydrogens (tertiary/aromatic N) is 1. The van der Waals surface area contributed by atoms with Crippen molar-refractivity contribution < 1.29 is 31.8 Å². The molecule has 0 spiro atoms. The third kappa shape index (κ3) is 4.77. The van der Waals surface area contributed by atoms with E-state index in [1.807, 2.05) is 0 Å². The Morgan fingerprint density at radius 1 is 1.15 bits per heavy atom. The minimum absolute atomic E-state index is 0.0458. The smallest absolute Gasteiger partial charge is 0.262 e. The predicted octanol–water partition coefficient (Wildman–Crippen LogP) is 5.55. The normalized spacial score (nSPS) is 19.0. The van der Waals surface area contributed by atoms with Crippen LogP contribution in [0.2, 0.25) is 0 Å². The molecule has 2 aliphatic heterocycles. The number of fused-ring (bicyclic) bond motifs is 1. The molecule has 40 heavy (non-hydrogen) atoms. The van der Waals surface area contributed by atoms with Crippen LogP contribution in [0.15, 0.2) is 71.3 Å². The van der Waals surface area contributed by atoms with Gasteiger partial charge in [-0.1, -0.05) is 38.0 Å². The molecule has 0 aromatic heterocycles. The molecule has 3 aromatic rings. The van der Waals surface area contributed by atoms with Crippen LogP contribution in [0, 0.1) is 29.4 Å². The minimum atomic E-state index is -4.12. The number of phenolic OH excluding ortho intramolecular Hbond substituents is 1. The van der Waals surface area contributed by atoms with Gasteiger partial charge in [0, 0.05) is 17.3 Å². The van der Waals surface area contributed by atoms with Crippen LogP contribution in [0.5, 0.6) is 11.5 Å². The Bertz CT molecular complexity index is 1710. The van der Waals surface area contributed by atoms with E-state index >= 15 is 4.39 Å². The Morgan fingerprint density at radius 3 is 2.60 bits per heavy atom. The number of hydrogen-bond donors (Lipinski definition) is 2. The molecule has 1 amide bonds. The van der Waals surface area contributed by atoms with E-state index in [2.05, 4.69) is 11.2 Å². The van der Waals surface area contributed by atoms with Crippen molar-refractivity contribution >= 4 is 27.1 Å². The number of halogens is 2. The number of anilines is 2. The highest BCUT2D eigenvalue weighted by atomic mass is 32.2. The van der Waals surface area contributed by atoms with Crippen molar-refractivity contribution in [3.63, 3.8) is 0 Å². The molecule has 2 aliphatic rings.